The smallest absolute Gasteiger partial charge is 0.283 e. The van der Waals surface area contributed by atoms with Gasteiger partial charge in [-0.15, -0.1) is 0 Å². The average Bonchev–Trinajstić information content (AvgIpc) is 2.87. The molecule has 0 saturated heterocycles. The van der Waals surface area contributed by atoms with E-state index >= 15 is 0 Å². The van der Waals surface area contributed by atoms with Gasteiger partial charge in [-0.05, 0) is 67.6 Å². The van der Waals surface area contributed by atoms with E-state index in [1.165, 1.54) is 5.56 Å². The first-order chi connectivity index (χ1) is 12.9. The molecule has 0 aromatic heterocycles. The molecule has 3 rings (SSSR count). The summed E-state index contributed by atoms with van der Waals surface area (Å²) in [5.74, 6) is -0.946. The Kier molecular flexibility index (Phi) is 5.66. The average molecular weight is 383 g/mol. The molecular formula is C22H23ClN2O2. The lowest BCUT2D eigenvalue weighted by molar-refractivity contribution is -0.120. The summed E-state index contributed by atoms with van der Waals surface area (Å²) < 4.78 is 0. The van der Waals surface area contributed by atoms with Crippen LogP contribution in [0.5, 0.6) is 0 Å². The maximum Gasteiger partial charge on any atom is 0.283 e. The van der Waals surface area contributed by atoms with Gasteiger partial charge in [-0.25, -0.2) is 4.90 Å². The largest absolute Gasteiger partial charge is 0.350 e. The Morgan fingerprint density at radius 2 is 1.67 bits per heavy atom. The number of amides is 2. The van der Waals surface area contributed by atoms with Gasteiger partial charge in [0.25, 0.3) is 11.8 Å². The quantitative estimate of drug-likeness (QED) is 0.708. The van der Waals surface area contributed by atoms with E-state index in [-0.39, 0.29) is 10.7 Å². The first-order valence-corrected chi connectivity index (χ1v) is 9.52. The molecule has 1 N–H and O–H groups in total. The first kappa shape index (κ1) is 19.2. The molecule has 27 heavy (non-hydrogen) atoms. The molecule has 0 radical (unpaired) electrons. The highest BCUT2D eigenvalue weighted by Crippen LogP contribution is 2.30. The number of halogens is 1. The molecule has 2 aromatic rings. The molecule has 0 spiro atoms. The number of hydrogen-bond donors (Lipinski definition) is 1. The number of imide groups is 1. The zero-order valence-electron chi connectivity index (χ0n) is 15.8. The number of benzene rings is 2. The summed E-state index contributed by atoms with van der Waals surface area (Å²) in [5, 5.41) is 2.92. The van der Waals surface area contributed by atoms with Gasteiger partial charge in [0, 0.05) is 5.69 Å². The second-order valence-corrected chi connectivity index (χ2v) is 7.21. The van der Waals surface area contributed by atoms with Crippen molar-refractivity contribution in [3.8, 4) is 0 Å². The number of nitrogens with one attached hydrogen (secondary N) is 1. The van der Waals surface area contributed by atoms with Crippen molar-refractivity contribution in [2.45, 2.75) is 40.0 Å². The third-order valence-corrected chi connectivity index (χ3v) is 5.17. The van der Waals surface area contributed by atoms with Crippen LogP contribution in [-0.2, 0) is 16.0 Å². The van der Waals surface area contributed by atoms with E-state index in [0.29, 0.717) is 5.69 Å². The fourth-order valence-corrected chi connectivity index (χ4v) is 3.21. The molecular weight excluding hydrogens is 360 g/mol. The second-order valence-electron chi connectivity index (χ2n) is 6.83. The summed E-state index contributed by atoms with van der Waals surface area (Å²) in [5.41, 5.74) is 4.80. The summed E-state index contributed by atoms with van der Waals surface area (Å²) >= 11 is 6.19. The number of unbranched alkanes of at least 4 members (excludes halogenated alkanes) is 1. The fourth-order valence-electron chi connectivity index (χ4n) is 3.00. The Balaban J connectivity index is 1.81. The number of rotatable bonds is 6. The van der Waals surface area contributed by atoms with Gasteiger partial charge in [-0.1, -0.05) is 43.1 Å². The van der Waals surface area contributed by atoms with Crippen LogP contribution in [0.25, 0.3) is 0 Å². The van der Waals surface area contributed by atoms with Crippen LogP contribution < -0.4 is 10.2 Å². The maximum atomic E-state index is 12.8. The third kappa shape index (κ3) is 3.91. The summed E-state index contributed by atoms with van der Waals surface area (Å²) in [6, 6.07) is 13.2. The van der Waals surface area contributed by atoms with E-state index in [9.17, 15) is 9.59 Å². The summed E-state index contributed by atoms with van der Waals surface area (Å²) in [4.78, 5) is 26.5. The maximum absolute atomic E-state index is 12.8. The van der Waals surface area contributed by atoms with E-state index in [4.69, 9.17) is 11.6 Å². The zero-order chi connectivity index (χ0) is 19.6. The standard InChI is InChI=1S/C22H23ClN2O2/c1-4-5-6-16-8-11-18(12-9-16)25-21(26)19(23)20(22(25)27)24-17-10-7-14(2)15(3)13-17/h7-13,24H,4-6H2,1-3H3. The van der Waals surface area contributed by atoms with Crippen LogP contribution in [0, 0.1) is 13.8 Å². The third-order valence-electron chi connectivity index (χ3n) is 4.82. The molecule has 0 fully saturated rings. The van der Waals surface area contributed by atoms with Gasteiger partial charge in [0.15, 0.2) is 0 Å². The van der Waals surface area contributed by atoms with Crippen LogP contribution >= 0.6 is 11.6 Å². The van der Waals surface area contributed by atoms with Crippen molar-refractivity contribution in [1.82, 2.24) is 0 Å². The van der Waals surface area contributed by atoms with Crippen molar-refractivity contribution in [3.63, 3.8) is 0 Å². The Bertz CT molecular complexity index is 916. The Morgan fingerprint density at radius 3 is 2.30 bits per heavy atom. The highest BCUT2D eigenvalue weighted by atomic mass is 35.5. The molecule has 0 atom stereocenters. The molecule has 1 heterocycles. The molecule has 0 unspecified atom stereocenters. The van der Waals surface area contributed by atoms with Crippen molar-refractivity contribution in [1.29, 1.82) is 0 Å². The van der Waals surface area contributed by atoms with Crippen LogP contribution in [0.15, 0.2) is 53.2 Å². The van der Waals surface area contributed by atoms with Gasteiger partial charge in [0.1, 0.15) is 10.7 Å². The van der Waals surface area contributed by atoms with Crippen molar-refractivity contribution in [2.75, 3.05) is 10.2 Å². The molecule has 4 nitrogen and oxygen atoms in total. The predicted octanol–water partition coefficient (Wildman–Crippen LogP) is 5.08. The highest BCUT2D eigenvalue weighted by Gasteiger charge is 2.38. The van der Waals surface area contributed by atoms with Gasteiger partial charge >= 0.3 is 0 Å². The molecule has 5 heteroatoms. The van der Waals surface area contributed by atoms with Crippen LogP contribution in [0.2, 0.25) is 0 Å². The van der Waals surface area contributed by atoms with Crippen molar-refractivity contribution < 1.29 is 9.59 Å². The number of hydrogen-bond acceptors (Lipinski definition) is 3. The Hall–Kier alpha value is -2.59. The van der Waals surface area contributed by atoms with E-state index in [1.54, 1.807) is 12.1 Å². The topological polar surface area (TPSA) is 49.4 Å². The van der Waals surface area contributed by atoms with Crippen LogP contribution in [0.4, 0.5) is 11.4 Å². The van der Waals surface area contributed by atoms with Gasteiger partial charge < -0.3 is 5.32 Å². The van der Waals surface area contributed by atoms with Crippen LogP contribution in [0.1, 0.15) is 36.5 Å². The number of aryl methyl sites for hydroxylation is 3. The molecule has 1 aliphatic rings. The van der Waals surface area contributed by atoms with Gasteiger partial charge in [0.2, 0.25) is 0 Å². The lowest BCUT2D eigenvalue weighted by atomic mass is 10.1. The van der Waals surface area contributed by atoms with Gasteiger partial charge in [-0.3, -0.25) is 9.59 Å². The first-order valence-electron chi connectivity index (χ1n) is 9.14. The van der Waals surface area contributed by atoms with Crippen LogP contribution in [-0.4, -0.2) is 11.8 Å². The monoisotopic (exact) mass is 382 g/mol. The van der Waals surface area contributed by atoms with E-state index in [1.807, 2.05) is 44.2 Å². The molecule has 2 aromatic carbocycles. The number of carbonyl (C=O) groups is 2. The molecule has 140 valence electrons. The highest BCUT2D eigenvalue weighted by molar-refractivity contribution is 6.53. The predicted molar refractivity (Wildman–Crippen MR) is 110 cm³/mol. The Morgan fingerprint density at radius 1 is 0.963 bits per heavy atom. The van der Waals surface area contributed by atoms with Crippen molar-refractivity contribution in [2.24, 2.45) is 0 Å². The van der Waals surface area contributed by atoms with E-state index < -0.39 is 11.8 Å². The molecule has 1 aliphatic heterocycles. The minimum Gasteiger partial charge on any atom is -0.350 e. The van der Waals surface area contributed by atoms with Crippen LogP contribution in [0.3, 0.4) is 0 Å². The molecule has 0 aliphatic carbocycles. The number of anilines is 2. The lowest BCUT2D eigenvalue weighted by Crippen LogP contribution is -2.32. The van der Waals surface area contributed by atoms with Crippen molar-refractivity contribution in [3.05, 3.63) is 69.9 Å². The normalized spacial score (nSPS) is 14.3. The fraction of sp³-hybridized carbons (Fsp3) is 0.273. The van der Waals surface area contributed by atoms with Crippen molar-refractivity contribution >= 4 is 34.8 Å². The lowest BCUT2D eigenvalue weighted by Gasteiger charge is -2.16. The minimum atomic E-state index is -0.505. The van der Waals surface area contributed by atoms with Gasteiger partial charge in [0.05, 0.1) is 5.69 Å². The van der Waals surface area contributed by atoms with Gasteiger partial charge in [-0.2, -0.15) is 0 Å². The summed E-state index contributed by atoms with van der Waals surface area (Å²) in [6.45, 7) is 6.15. The summed E-state index contributed by atoms with van der Waals surface area (Å²) in [7, 11) is 0. The van der Waals surface area contributed by atoms with E-state index in [2.05, 4.69) is 12.2 Å². The molecule has 0 bridgehead atoms. The minimum absolute atomic E-state index is 0.0895. The summed E-state index contributed by atoms with van der Waals surface area (Å²) in [6.07, 6.45) is 3.22. The molecule has 2 amide bonds. The number of carbonyl (C=O) groups excluding carboxylic acids is 2. The number of nitrogens with zero attached hydrogens (tertiary/aromatic N) is 1. The molecule has 0 saturated carbocycles. The second kappa shape index (κ2) is 7.97. The zero-order valence-corrected chi connectivity index (χ0v) is 16.6. The van der Waals surface area contributed by atoms with E-state index in [0.717, 1.165) is 41.0 Å². The SMILES string of the molecule is CCCCc1ccc(N2C(=O)C(Cl)=C(Nc3ccc(C)c(C)c3)C2=O)cc1. The Labute approximate surface area is 164 Å².